The van der Waals surface area contributed by atoms with E-state index in [0.717, 1.165) is 12.1 Å². The first-order chi connectivity index (χ1) is 13.6. The van der Waals surface area contributed by atoms with Gasteiger partial charge in [0.05, 0.1) is 14.2 Å². The summed E-state index contributed by atoms with van der Waals surface area (Å²) < 4.78 is 51.5. The SMILES string of the molecule is COc1cc2oc(-c3ccc(O)c(O)c3)c(OS(=O)(=O)O)c(=O)c2c(O)c1OC. The second-order valence-electron chi connectivity index (χ2n) is 5.64. The van der Waals surface area contributed by atoms with Gasteiger partial charge < -0.3 is 33.4 Å². The van der Waals surface area contributed by atoms with Crippen LogP contribution in [-0.4, -0.2) is 42.5 Å². The molecule has 11 nitrogen and oxygen atoms in total. The Balaban J connectivity index is 2.47. The Labute approximate surface area is 162 Å². The van der Waals surface area contributed by atoms with Crippen molar-refractivity contribution in [3.63, 3.8) is 0 Å². The van der Waals surface area contributed by atoms with Crippen LogP contribution in [0.1, 0.15) is 0 Å². The summed E-state index contributed by atoms with van der Waals surface area (Å²) in [6, 6.07) is 4.42. The molecule has 154 valence electrons. The molecule has 4 N–H and O–H groups in total. The first-order valence-corrected chi connectivity index (χ1v) is 9.08. The van der Waals surface area contributed by atoms with E-state index in [1.54, 1.807) is 0 Å². The minimum atomic E-state index is -5.17. The fourth-order valence-electron chi connectivity index (χ4n) is 2.66. The first-order valence-electron chi connectivity index (χ1n) is 7.71. The lowest BCUT2D eigenvalue weighted by molar-refractivity contribution is 0.334. The van der Waals surface area contributed by atoms with Gasteiger partial charge >= 0.3 is 10.4 Å². The summed E-state index contributed by atoms with van der Waals surface area (Å²) in [6.07, 6.45) is 0. The summed E-state index contributed by atoms with van der Waals surface area (Å²) in [6.45, 7) is 0. The molecule has 1 heterocycles. The highest BCUT2D eigenvalue weighted by atomic mass is 32.3. The monoisotopic (exact) mass is 426 g/mol. The van der Waals surface area contributed by atoms with Crippen LogP contribution in [0, 0.1) is 0 Å². The van der Waals surface area contributed by atoms with Gasteiger partial charge in [-0.25, -0.2) is 0 Å². The number of hydrogen-bond donors (Lipinski definition) is 4. The largest absolute Gasteiger partial charge is 0.504 e. The molecule has 0 atom stereocenters. The summed E-state index contributed by atoms with van der Waals surface area (Å²) in [5.41, 5.74) is -1.48. The number of phenols is 3. The third-order valence-corrected chi connectivity index (χ3v) is 4.26. The van der Waals surface area contributed by atoms with Gasteiger partial charge in [-0.3, -0.25) is 9.35 Å². The maximum atomic E-state index is 12.9. The molecule has 0 aliphatic carbocycles. The van der Waals surface area contributed by atoms with Crippen LogP contribution >= 0.6 is 0 Å². The third-order valence-electron chi connectivity index (χ3n) is 3.89. The van der Waals surface area contributed by atoms with Gasteiger partial charge in [0.2, 0.25) is 16.9 Å². The zero-order valence-corrected chi connectivity index (χ0v) is 15.7. The van der Waals surface area contributed by atoms with Crippen LogP contribution in [0.5, 0.6) is 34.5 Å². The van der Waals surface area contributed by atoms with E-state index >= 15 is 0 Å². The summed E-state index contributed by atoms with van der Waals surface area (Å²) in [5.74, 6) is -3.52. The van der Waals surface area contributed by atoms with E-state index in [0.29, 0.717) is 0 Å². The number of ether oxygens (including phenoxy) is 2. The molecule has 1 aromatic heterocycles. The molecule has 0 amide bonds. The van der Waals surface area contributed by atoms with Crippen molar-refractivity contribution in [1.29, 1.82) is 0 Å². The zero-order chi connectivity index (χ0) is 21.5. The van der Waals surface area contributed by atoms with Gasteiger partial charge in [-0.1, -0.05) is 0 Å². The molecule has 0 bridgehead atoms. The topological polar surface area (TPSA) is 173 Å². The van der Waals surface area contributed by atoms with Crippen molar-refractivity contribution in [1.82, 2.24) is 0 Å². The quantitative estimate of drug-likeness (QED) is 0.346. The molecular formula is C17H14O11S. The molecule has 2 aromatic carbocycles. The van der Waals surface area contributed by atoms with Gasteiger partial charge in [0.25, 0.3) is 0 Å². The first kappa shape index (κ1) is 20.1. The lowest BCUT2D eigenvalue weighted by atomic mass is 10.1. The Morgan fingerprint density at radius 3 is 2.21 bits per heavy atom. The maximum Gasteiger partial charge on any atom is 0.446 e. The van der Waals surface area contributed by atoms with Gasteiger partial charge in [-0.05, 0) is 18.2 Å². The van der Waals surface area contributed by atoms with Crippen molar-refractivity contribution in [3.8, 4) is 45.8 Å². The molecule has 0 saturated carbocycles. The normalized spacial score (nSPS) is 11.4. The smallest absolute Gasteiger partial charge is 0.446 e. The van der Waals surface area contributed by atoms with Gasteiger partial charge in [-0.15, -0.1) is 0 Å². The zero-order valence-electron chi connectivity index (χ0n) is 14.9. The van der Waals surface area contributed by atoms with E-state index in [2.05, 4.69) is 4.18 Å². The fourth-order valence-corrected chi connectivity index (χ4v) is 3.02. The number of methoxy groups -OCH3 is 2. The van der Waals surface area contributed by atoms with Crippen LogP contribution < -0.4 is 19.1 Å². The van der Waals surface area contributed by atoms with Crippen LogP contribution in [-0.2, 0) is 10.4 Å². The van der Waals surface area contributed by atoms with E-state index < -0.39 is 50.0 Å². The number of phenolic OH excluding ortho intramolecular Hbond substituents is 3. The van der Waals surface area contributed by atoms with E-state index in [4.69, 9.17) is 18.4 Å². The number of fused-ring (bicyclic) bond motifs is 1. The number of aromatic hydroxyl groups is 3. The van der Waals surface area contributed by atoms with Gasteiger partial charge in [0.1, 0.15) is 11.0 Å². The molecule has 0 saturated heterocycles. The number of hydrogen-bond acceptors (Lipinski definition) is 10. The lowest BCUT2D eigenvalue weighted by Crippen LogP contribution is -2.16. The molecule has 0 fully saturated rings. The predicted octanol–water partition coefficient (Wildman–Crippen LogP) is 1.78. The Hall–Kier alpha value is -3.64. The summed E-state index contributed by atoms with van der Waals surface area (Å²) in [4.78, 5) is 12.9. The van der Waals surface area contributed by atoms with Crippen LogP contribution in [0.3, 0.4) is 0 Å². The highest BCUT2D eigenvalue weighted by molar-refractivity contribution is 7.81. The maximum absolute atomic E-state index is 12.9. The van der Waals surface area contributed by atoms with Crippen LogP contribution in [0.25, 0.3) is 22.3 Å². The van der Waals surface area contributed by atoms with E-state index in [9.17, 15) is 28.5 Å². The minimum Gasteiger partial charge on any atom is -0.504 e. The van der Waals surface area contributed by atoms with Crippen molar-refractivity contribution in [3.05, 3.63) is 34.5 Å². The molecular weight excluding hydrogens is 412 g/mol. The number of rotatable bonds is 5. The Kier molecular flexibility index (Phi) is 4.90. The average molecular weight is 426 g/mol. The van der Waals surface area contributed by atoms with Crippen molar-refractivity contribution >= 4 is 21.4 Å². The minimum absolute atomic E-state index is 0.00333. The molecule has 0 aliphatic rings. The van der Waals surface area contributed by atoms with E-state index in [1.807, 2.05) is 0 Å². The highest BCUT2D eigenvalue weighted by Crippen LogP contribution is 2.44. The Morgan fingerprint density at radius 1 is 0.966 bits per heavy atom. The summed E-state index contributed by atoms with van der Waals surface area (Å²) in [5, 5.41) is 29.1. The lowest BCUT2D eigenvalue weighted by Gasteiger charge is -2.14. The van der Waals surface area contributed by atoms with Gasteiger partial charge in [-0.2, -0.15) is 8.42 Å². The molecule has 3 rings (SSSR count). The summed E-state index contributed by atoms with van der Waals surface area (Å²) >= 11 is 0. The molecule has 29 heavy (non-hydrogen) atoms. The van der Waals surface area contributed by atoms with Crippen LogP contribution in [0.2, 0.25) is 0 Å². The Bertz CT molecular complexity index is 1280. The highest BCUT2D eigenvalue weighted by Gasteiger charge is 2.27. The van der Waals surface area contributed by atoms with Crippen molar-refractivity contribution < 1.29 is 46.4 Å². The fraction of sp³-hybridized carbons (Fsp3) is 0.118. The second-order valence-corrected chi connectivity index (χ2v) is 6.66. The molecule has 0 spiro atoms. The molecule has 0 aliphatic heterocycles. The van der Waals surface area contributed by atoms with Crippen LogP contribution in [0.4, 0.5) is 0 Å². The van der Waals surface area contributed by atoms with Gasteiger partial charge in [0.15, 0.2) is 28.8 Å². The molecule has 3 aromatic rings. The van der Waals surface area contributed by atoms with Gasteiger partial charge in [0, 0.05) is 11.6 Å². The molecule has 0 radical (unpaired) electrons. The van der Waals surface area contributed by atoms with E-state index in [1.165, 1.54) is 26.4 Å². The molecule has 0 unspecified atom stereocenters. The third kappa shape index (κ3) is 3.58. The molecule has 12 heteroatoms. The van der Waals surface area contributed by atoms with Crippen LogP contribution in [0.15, 0.2) is 33.5 Å². The van der Waals surface area contributed by atoms with E-state index in [-0.39, 0.29) is 22.6 Å². The van der Waals surface area contributed by atoms with Crippen molar-refractivity contribution in [2.75, 3.05) is 14.2 Å². The predicted molar refractivity (Wildman–Crippen MR) is 98.2 cm³/mol. The second kappa shape index (κ2) is 7.07. The average Bonchev–Trinajstić information content (AvgIpc) is 2.64. The Morgan fingerprint density at radius 2 is 1.66 bits per heavy atom. The van der Waals surface area contributed by atoms with Crippen molar-refractivity contribution in [2.24, 2.45) is 0 Å². The standard InChI is InChI=1S/C17H14O11S/c1-25-11-6-10-12(13(20)16(11)26-2)14(21)17(28-29(22,23)24)15(27-10)7-3-4-8(18)9(19)5-7/h3-6,18-20H,1-2H3,(H,22,23,24). The summed E-state index contributed by atoms with van der Waals surface area (Å²) in [7, 11) is -2.69. The number of benzene rings is 2. The van der Waals surface area contributed by atoms with Crippen molar-refractivity contribution in [2.45, 2.75) is 0 Å².